The van der Waals surface area contributed by atoms with Crippen LogP contribution in [0.15, 0.2) is 35.7 Å². The lowest BCUT2D eigenvalue weighted by Crippen LogP contribution is -2.23. The van der Waals surface area contributed by atoms with Crippen LogP contribution in [-0.4, -0.2) is 6.54 Å². The van der Waals surface area contributed by atoms with Gasteiger partial charge in [-0.05, 0) is 53.9 Å². The first-order chi connectivity index (χ1) is 10.3. The molecule has 0 aliphatic rings. The summed E-state index contributed by atoms with van der Waals surface area (Å²) >= 11 is 1.88. The SMILES string of the molecule is CCCNC(c1cccc(CCC)c1)c1sccc1CC. The third kappa shape index (κ3) is 4.18. The molecule has 114 valence electrons. The standard InChI is InChI=1S/C19H27NS/c1-4-8-15-9-7-10-17(14-15)18(20-12-5-2)19-16(6-3)11-13-21-19/h7,9-11,13-14,18,20H,4-6,8,12H2,1-3H3. The molecule has 0 radical (unpaired) electrons. The van der Waals surface area contributed by atoms with E-state index >= 15 is 0 Å². The van der Waals surface area contributed by atoms with Crippen LogP contribution in [0.1, 0.15) is 61.2 Å². The average molecular weight is 301 g/mol. The molecule has 1 aromatic carbocycles. The lowest BCUT2D eigenvalue weighted by Gasteiger charge is -2.20. The van der Waals surface area contributed by atoms with E-state index < -0.39 is 0 Å². The highest BCUT2D eigenvalue weighted by Gasteiger charge is 2.17. The first-order valence-corrected chi connectivity index (χ1v) is 9.06. The van der Waals surface area contributed by atoms with Gasteiger partial charge >= 0.3 is 0 Å². The van der Waals surface area contributed by atoms with Crippen molar-refractivity contribution in [2.24, 2.45) is 0 Å². The molecule has 1 unspecified atom stereocenters. The van der Waals surface area contributed by atoms with Crippen LogP contribution in [0.2, 0.25) is 0 Å². The molecule has 0 spiro atoms. The second-order valence-corrected chi connectivity index (χ2v) is 6.49. The molecule has 0 saturated heterocycles. The Morgan fingerprint density at radius 2 is 1.95 bits per heavy atom. The maximum atomic E-state index is 3.74. The Hall–Kier alpha value is -1.12. The van der Waals surface area contributed by atoms with Gasteiger partial charge in [0.25, 0.3) is 0 Å². The van der Waals surface area contributed by atoms with Crippen molar-refractivity contribution in [2.45, 2.75) is 52.5 Å². The molecule has 0 fully saturated rings. The van der Waals surface area contributed by atoms with Crippen LogP contribution in [0.3, 0.4) is 0 Å². The number of hydrogen-bond acceptors (Lipinski definition) is 2. The first-order valence-electron chi connectivity index (χ1n) is 8.18. The van der Waals surface area contributed by atoms with Crippen LogP contribution in [0.4, 0.5) is 0 Å². The Balaban J connectivity index is 2.33. The first kappa shape index (κ1) is 16.3. The zero-order valence-corrected chi connectivity index (χ0v) is 14.3. The normalized spacial score (nSPS) is 12.5. The van der Waals surface area contributed by atoms with Gasteiger partial charge in [-0.15, -0.1) is 11.3 Å². The molecule has 0 bridgehead atoms. The van der Waals surface area contributed by atoms with E-state index in [1.54, 1.807) is 0 Å². The summed E-state index contributed by atoms with van der Waals surface area (Å²) in [6, 6.07) is 11.7. The Morgan fingerprint density at radius 3 is 2.67 bits per heavy atom. The number of hydrogen-bond donors (Lipinski definition) is 1. The fourth-order valence-corrected chi connectivity index (χ4v) is 3.86. The number of thiophene rings is 1. The largest absolute Gasteiger partial charge is 0.306 e. The third-order valence-corrected chi connectivity index (χ3v) is 4.87. The summed E-state index contributed by atoms with van der Waals surface area (Å²) < 4.78 is 0. The molecule has 0 amide bonds. The zero-order valence-electron chi connectivity index (χ0n) is 13.5. The van der Waals surface area contributed by atoms with E-state index in [-0.39, 0.29) is 0 Å². The lowest BCUT2D eigenvalue weighted by atomic mass is 9.98. The Bertz CT molecular complexity index is 544. The summed E-state index contributed by atoms with van der Waals surface area (Å²) in [6.45, 7) is 7.78. The molecule has 0 saturated carbocycles. The third-order valence-electron chi connectivity index (χ3n) is 3.85. The summed E-state index contributed by atoms with van der Waals surface area (Å²) in [5.74, 6) is 0. The number of aryl methyl sites for hydroxylation is 2. The van der Waals surface area contributed by atoms with Crippen molar-refractivity contribution in [1.82, 2.24) is 5.32 Å². The van der Waals surface area contributed by atoms with E-state index in [0.29, 0.717) is 6.04 Å². The smallest absolute Gasteiger partial charge is 0.0673 e. The van der Waals surface area contributed by atoms with E-state index in [9.17, 15) is 0 Å². The van der Waals surface area contributed by atoms with Gasteiger partial charge in [0, 0.05) is 4.88 Å². The highest BCUT2D eigenvalue weighted by Crippen LogP contribution is 2.30. The van der Waals surface area contributed by atoms with Crippen LogP contribution in [0.5, 0.6) is 0 Å². The van der Waals surface area contributed by atoms with Gasteiger partial charge < -0.3 is 5.32 Å². The van der Waals surface area contributed by atoms with Crippen LogP contribution < -0.4 is 5.32 Å². The van der Waals surface area contributed by atoms with Crippen molar-refractivity contribution in [3.8, 4) is 0 Å². The highest BCUT2D eigenvalue weighted by molar-refractivity contribution is 7.10. The van der Waals surface area contributed by atoms with Gasteiger partial charge in [0.15, 0.2) is 0 Å². The Morgan fingerprint density at radius 1 is 1.10 bits per heavy atom. The van der Waals surface area contributed by atoms with Crippen molar-refractivity contribution in [2.75, 3.05) is 6.54 Å². The minimum Gasteiger partial charge on any atom is -0.306 e. The second kappa shape index (κ2) is 8.35. The van der Waals surface area contributed by atoms with Crippen LogP contribution >= 0.6 is 11.3 Å². The summed E-state index contributed by atoms with van der Waals surface area (Å²) in [7, 11) is 0. The van der Waals surface area contributed by atoms with Crippen molar-refractivity contribution in [1.29, 1.82) is 0 Å². The highest BCUT2D eigenvalue weighted by atomic mass is 32.1. The predicted molar refractivity (Wildman–Crippen MR) is 94.3 cm³/mol. The van der Waals surface area contributed by atoms with E-state index in [4.69, 9.17) is 0 Å². The Kier molecular flexibility index (Phi) is 6.47. The van der Waals surface area contributed by atoms with Crippen molar-refractivity contribution in [3.63, 3.8) is 0 Å². The van der Waals surface area contributed by atoms with Gasteiger partial charge in [-0.25, -0.2) is 0 Å². The minimum absolute atomic E-state index is 0.344. The fraction of sp³-hybridized carbons (Fsp3) is 0.474. The van der Waals surface area contributed by atoms with Gasteiger partial charge in [-0.1, -0.05) is 51.5 Å². The second-order valence-electron chi connectivity index (χ2n) is 5.55. The molecular weight excluding hydrogens is 274 g/mol. The lowest BCUT2D eigenvalue weighted by molar-refractivity contribution is 0.602. The molecule has 1 atom stereocenters. The van der Waals surface area contributed by atoms with Crippen LogP contribution in [0.25, 0.3) is 0 Å². The molecule has 0 aliphatic carbocycles. The topological polar surface area (TPSA) is 12.0 Å². The number of nitrogens with one attached hydrogen (secondary N) is 1. The monoisotopic (exact) mass is 301 g/mol. The summed E-state index contributed by atoms with van der Waals surface area (Å²) in [5.41, 5.74) is 4.34. The van der Waals surface area contributed by atoms with Crippen molar-refractivity contribution >= 4 is 11.3 Å². The average Bonchev–Trinajstić information content (AvgIpc) is 2.97. The summed E-state index contributed by atoms with van der Waals surface area (Å²) in [6.07, 6.45) is 4.64. The Labute approximate surface area is 133 Å². The van der Waals surface area contributed by atoms with E-state index in [0.717, 1.165) is 19.4 Å². The number of rotatable bonds is 8. The molecule has 2 aromatic rings. The molecule has 0 aliphatic heterocycles. The molecule has 1 heterocycles. The minimum atomic E-state index is 0.344. The van der Waals surface area contributed by atoms with Crippen LogP contribution in [-0.2, 0) is 12.8 Å². The van der Waals surface area contributed by atoms with Crippen molar-refractivity contribution in [3.05, 3.63) is 57.3 Å². The molecule has 1 aromatic heterocycles. The van der Waals surface area contributed by atoms with Gasteiger partial charge in [0.1, 0.15) is 0 Å². The summed E-state index contributed by atoms with van der Waals surface area (Å²) in [5, 5.41) is 5.97. The maximum absolute atomic E-state index is 3.74. The molecule has 2 heteroatoms. The molecule has 21 heavy (non-hydrogen) atoms. The van der Waals surface area contributed by atoms with Gasteiger partial charge in [0.05, 0.1) is 6.04 Å². The molecule has 1 nitrogen and oxygen atoms in total. The molecule has 2 rings (SSSR count). The van der Waals surface area contributed by atoms with Crippen molar-refractivity contribution < 1.29 is 0 Å². The number of benzene rings is 1. The quantitative estimate of drug-likeness (QED) is 0.693. The van der Waals surface area contributed by atoms with Gasteiger partial charge in [0.2, 0.25) is 0 Å². The maximum Gasteiger partial charge on any atom is 0.0673 e. The molecular formula is C19H27NS. The van der Waals surface area contributed by atoms with Gasteiger partial charge in [-0.3, -0.25) is 0 Å². The van der Waals surface area contributed by atoms with E-state index in [1.807, 2.05) is 11.3 Å². The van der Waals surface area contributed by atoms with Crippen LogP contribution in [0, 0.1) is 0 Å². The summed E-state index contributed by atoms with van der Waals surface area (Å²) in [4.78, 5) is 1.49. The predicted octanol–water partition coefficient (Wildman–Crippen LogP) is 5.35. The van der Waals surface area contributed by atoms with E-state index in [2.05, 4.69) is 61.8 Å². The molecule has 1 N–H and O–H groups in total. The van der Waals surface area contributed by atoms with Gasteiger partial charge in [-0.2, -0.15) is 0 Å². The van der Waals surface area contributed by atoms with E-state index in [1.165, 1.54) is 34.4 Å². The fourth-order valence-electron chi connectivity index (χ4n) is 2.76. The zero-order chi connectivity index (χ0) is 15.1.